The van der Waals surface area contributed by atoms with Crippen LogP contribution in [0.4, 0.5) is 0 Å². The highest BCUT2D eigenvalue weighted by Gasteiger charge is 2.32. The molecule has 5 heteroatoms. The van der Waals surface area contributed by atoms with Gasteiger partial charge < -0.3 is 14.2 Å². The third-order valence-electron chi connectivity index (χ3n) is 4.89. The lowest BCUT2D eigenvalue weighted by Crippen LogP contribution is -2.48. The van der Waals surface area contributed by atoms with Crippen LogP contribution in [-0.2, 0) is 4.74 Å². The van der Waals surface area contributed by atoms with Crippen molar-refractivity contribution in [2.24, 2.45) is 0 Å². The summed E-state index contributed by atoms with van der Waals surface area (Å²) in [5.41, 5.74) is 4.07. The zero-order valence-electron chi connectivity index (χ0n) is 15.7. The second-order valence-electron chi connectivity index (χ2n) is 7.29. The molecule has 0 bridgehead atoms. The molecule has 2 atom stereocenters. The van der Waals surface area contributed by atoms with Gasteiger partial charge in [0.1, 0.15) is 11.8 Å². The average Bonchev–Trinajstić information content (AvgIpc) is 3.07. The quantitative estimate of drug-likeness (QED) is 0.855. The first-order valence-electron chi connectivity index (χ1n) is 8.90. The van der Waals surface area contributed by atoms with Crippen LogP contribution in [0.25, 0.3) is 0 Å². The highest BCUT2D eigenvalue weighted by Crippen LogP contribution is 2.28. The summed E-state index contributed by atoms with van der Waals surface area (Å²) in [5, 5.41) is 0. The van der Waals surface area contributed by atoms with E-state index >= 15 is 0 Å². The number of benzene rings is 1. The largest absolute Gasteiger partial charge is 0.370 e. The summed E-state index contributed by atoms with van der Waals surface area (Å²) in [6.07, 6.45) is 3.47. The third-order valence-corrected chi connectivity index (χ3v) is 4.89. The van der Waals surface area contributed by atoms with E-state index in [4.69, 9.17) is 4.74 Å². The number of aryl methyl sites for hydroxylation is 2. The van der Waals surface area contributed by atoms with Gasteiger partial charge in [-0.25, -0.2) is 4.98 Å². The van der Waals surface area contributed by atoms with Crippen LogP contribution in [0, 0.1) is 13.8 Å². The van der Waals surface area contributed by atoms with Gasteiger partial charge in [0.05, 0.1) is 25.5 Å². The number of hydrogen-bond donors (Lipinski definition) is 0. The van der Waals surface area contributed by atoms with Crippen molar-refractivity contribution in [3.63, 3.8) is 0 Å². The van der Waals surface area contributed by atoms with Gasteiger partial charge in [-0.05, 0) is 45.7 Å². The summed E-state index contributed by atoms with van der Waals surface area (Å²) in [6, 6.07) is 6.71. The van der Waals surface area contributed by atoms with Gasteiger partial charge in [0.2, 0.25) is 0 Å². The summed E-state index contributed by atoms with van der Waals surface area (Å²) < 4.78 is 8.01. The van der Waals surface area contributed by atoms with Gasteiger partial charge in [0.15, 0.2) is 0 Å². The molecule has 1 amide bonds. The smallest absolute Gasteiger partial charge is 0.274 e. The second-order valence-corrected chi connectivity index (χ2v) is 7.29. The van der Waals surface area contributed by atoms with E-state index in [1.54, 1.807) is 6.33 Å². The minimum absolute atomic E-state index is 0.0227. The van der Waals surface area contributed by atoms with E-state index in [2.05, 4.69) is 50.9 Å². The van der Waals surface area contributed by atoms with Crippen LogP contribution in [0.3, 0.4) is 0 Å². The highest BCUT2D eigenvalue weighted by molar-refractivity contribution is 5.92. The third kappa shape index (κ3) is 3.61. The number of rotatable bonds is 3. The number of carbonyl (C=O) groups excluding carboxylic acids is 1. The first-order valence-corrected chi connectivity index (χ1v) is 8.90. The Labute approximate surface area is 149 Å². The van der Waals surface area contributed by atoms with Gasteiger partial charge in [0, 0.05) is 12.2 Å². The number of aromatic nitrogens is 2. The Morgan fingerprint density at radius 2 is 2.08 bits per heavy atom. The molecule has 1 aromatic heterocycles. The molecule has 1 aliphatic heterocycles. The zero-order chi connectivity index (χ0) is 18.1. The lowest BCUT2D eigenvalue weighted by atomic mass is 9.98. The molecule has 0 saturated carbocycles. The molecule has 134 valence electrons. The van der Waals surface area contributed by atoms with Crippen LogP contribution in [0.5, 0.6) is 0 Å². The van der Waals surface area contributed by atoms with Crippen molar-refractivity contribution in [3.05, 3.63) is 53.1 Å². The number of morpholine rings is 1. The molecule has 1 aliphatic rings. The normalized spacial score (nSPS) is 21.0. The predicted molar refractivity (Wildman–Crippen MR) is 97.7 cm³/mol. The van der Waals surface area contributed by atoms with Crippen molar-refractivity contribution in [1.82, 2.24) is 14.5 Å². The zero-order valence-corrected chi connectivity index (χ0v) is 15.7. The summed E-state index contributed by atoms with van der Waals surface area (Å²) in [5.74, 6) is -0.0227. The molecule has 1 fully saturated rings. The summed E-state index contributed by atoms with van der Waals surface area (Å²) in [7, 11) is 0. The standard InChI is InChI=1S/C20H27N3O2/c1-13(2)22-9-18(21-12-22)20(24)23-10-19(25-11-16(23)5)17-8-14(3)6-7-15(17)4/h6-9,12-13,16,19H,10-11H2,1-5H3/t16-,19-/m1/s1. The van der Waals surface area contributed by atoms with Crippen LogP contribution in [0.15, 0.2) is 30.7 Å². The molecule has 5 nitrogen and oxygen atoms in total. The van der Waals surface area contributed by atoms with E-state index in [-0.39, 0.29) is 18.1 Å². The maximum absolute atomic E-state index is 13.0. The van der Waals surface area contributed by atoms with E-state index in [0.717, 1.165) is 5.56 Å². The lowest BCUT2D eigenvalue weighted by molar-refractivity contribution is -0.0490. The number of ether oxygens (including phenoxy) is 1. The summed E-state index contributed by atoms with van der Waals surface area (Å²) in [4.78, 5) is 19.2. The van der Waals surface area contributed by atoms with Crippen LogP contribution < -0.4 is 0 Å². The van der Waals surface area contributed by atoms with E-state index in [0.29, 0.717) is 24.9 Å². The fourth-order valence-electron chi connectivity index (χ4n) is 3.21. The minimum Gasteiger partial charge on any atom is -0.370 e. The van der Waals surface area contributed by atoms with Gasteiger partial charge in [-0.2, -0.15) is 0 Å². The molecule has 1 saturated heterocycles. The topological polar surface area (TPSA) is 47.4 Å². The number of imidazole rings is 1. The molecule has 2 aromatic rings. The molecule has 0 aliphatic carbocycles. The van der Waals surface area contributed by atoms with Crippen LogP contribution in [-0.4, -0.2) is 39.6 Å². The molecule has 25 heavy (non-hydrogen) atoms. The average molecular weight is 341 g/mol. The minimum atomic E-state index is -0.0905. The van der Waals surface area contributed by atoms with E-state index < -0.39 is 0 Å². The molecule has 0 spiro atoms. The first-order chi connectivity index (χ1) is 11.9. The van der Waals surface area contributed by atoms with Gasteiger partial charge in [-0.15, -0.1) is 0 Å². The predicted octanol–water partition coefficient (Wildman–Crippen LogP) is 3.68. The van der Waals surface area contributed by atoms with Crippen molar-refractivity contribution in [2.75, 3.05) is 13.2 Å². The van der Waals surface area contributed by atoms with Crippen LogP contribution in [0.2, 0.25) is 0 Å². The number of nitrogens with zero attached hydrogens (tertiary/aromatic N) is 3. The Morgan fingerprint density at radius 1 is 1.32 bits per heavy atom. The van der Waals surface area contributed by atoms with Gasteiger partial charge in [0.25, 0.3) is 5.91 Å². The Balaban J connectivity index is 1.82. The molecule has 0 radical (unpaired) electrons. The Kier molecular flexibility index (Phi) is 4.95. The van der Waals surface area contributed by atoms with E-state index in [1.807, 2.05) is 22.6 Å². The maximum Gasteiger partial charge on any atom is 0.274 e. The van der Waals surface area contributed by atoms with Crippen molar-refractivity contribution in [2.45, 2.75) is 52.8 Å². The Morgan fingerprint density at radius 3 is 2.76 bits per heavy atom. The van der Waals surface area contributed by atoms with Gasteiger partial charge in [-0.1, -0.05) is 23.8 Å². The molecule has 0 unspecified atom stereocenters. The SMILES string of the molecule is Cc1ccc(C)c([C@H]2CN(C(=O)c3cn(C(C)C)cn3)[C@H](C)CO2)c1. The van der Waals surface area contributed by atoms with Gasteiger partial charge >= 0.3 is 0 Å². The first kappa shape index (κ1) is 17.7. The Bertz CT molecular complexity index is 766. The van der Waals surface area contributed by atoms with Crippen LogP contribution in [0.1, 0.15) is 60.1 Å². The molecular formula is C20H27N3O2. The number of carbonyl (C=O) groups is 1. The number of amides is 1. The molecule has 0 N–H and O–H groups in total. The van der Waals surface area contributed by atoms with E-state index in [9.17, 15) is 4.79 Å². The maximum atomic E-state index is 13.0. The van der Waals surface area contributed by atoms with Crippen LogP contribution >= 0.6 is 0 Å². The second kappa shape index (κ2) is 7.00. The van der Waals surface area contributed by atoms with Crippen molar-refractivity contribution >= 4 is 5.91 Å². The summed E-state index contributed by atoms with van der Waals surface area (Å²) >= 11 is 0. The molecule has 3 rings (SSSR count). The summed E-state index contributed by atoms with van der Waals surface area (Å²) in [6.45, 7) is 11.4. The van der Waals surface area contributed by atoms with Crippen molar-refractivity contribution < 1.29 is 9.53 Å². The van der Waals surface area contributed by atoms with Crippen molar-refractivity contribution in [3.8, 4) is 0 Å². The fourth-order valence-corrected chi connectivity index (χ4v) is 3.21. The molecule has 1 aromatic carbocycles. The Hall–Kier alpha value is -2.14. The lowest BCUT2D eigenvalue weighted by Gasteiger charge is -2.38. The highest BCUT2D eigenvalue weighted by atomic mass is 16.5. The fraction of sp³-hybridized carbons (Fsp3) is 0.500. The molecule has 2 heterocycles. The van der Waals surface area contributed by atoms with E-state index in [1.165, 1.54) is 11.1 Å². The van der Waals surface area contributed by atoms with Gasteiger partial charge in [-0.3, -0.25) is 4.79 Å². The monoisotopic (exact) mass is 341 g/mol. The molecular weight excluding hydrogens is 314 g/mol. The van der Waals surface area contributed by atoms with Crippen molar-refractivity contribution in [1.29, 1.82) is 0 Å². The number of hydrogen-bond acceptors (Lipinski definition) is 3.